The van der Waals surface area contributed by atoms with Crippen LogP contribution in [0.1, 0.15) is 36.2 Å². The van der Waals surface area contributed by atoms with Crippen molar-refractivity contribution in [2.75, 3.05) is 0 Å². The molecule has 5 nitrogen and oxygen atoms in total. The topological polar surface area (TPSA) is 80.4 Å². The summed E-state index contributed by atoms with van der Waals surface area (Å²) in [7, 11) is 0. The van der Waals surface area contributed by atoms with Crippen molar-refractivity contribution < 1.29 is 14.8 Å². The Hall–Kier alpha value is -1.56. The van der Waals surface area contributed by atoms with E-state index in [0.29, 0.717) is 10.5 Å². The summed E-state index contributed by atoms with van der Waals surface area (Å²) in [5, 5.41) is 20.2. The zero-order valence-corrected chi connectivity index (χ0v) is 11.3. The monoisotopic (exact) mass is 269 g/mol. The molecule has 1 atom stereocenters. The highest BCUT2D eigenvalue weighted by Crippen LogP contribution is 2.34. The highest BCUT2D eigenvalue weighted by Gasteiger charge is 2.20. The molecule has 1 aromatic rings. The minimum absolute atomic E-state index is 0.0434. The maximum absolute atomic E-state index is 11.0. The minimum atomic E-state index is -1.15. The normalized spacial score (nSPS) is 12.2. The summed E-state index contributed by atoms with van der Waals surface area (Å²) in [6.45, 7) is 5.67. The molecule has 0 saturated heterocycles. The van der Waals surface area contributed by atoms with E-state index in [1.807, 2.05) is 13.8 Å². The van der Waals surface area contributed by atoms with Crippen LogP contribution in [0.3, 0.4) is 0 Å². The maximum Gasteiger partial charge on any atom is 0.335 e. The van der Waals surface area contributed by atoms with E-state index in [2.05, 4.69) is 0 Å². The lowest BCUT2D eigenvalue weighted by atomic mass is 10.1. The first-order valence-corrected chi connectivity index (χ1v) is 6.43. The van der Waals surface area contributed by atoms with Crippen LogP contribution < -0.4 is 0 Å². The Morgan fingerprint density at radius 1 is 1.56 bits per heavy atom. The van der Waals surface area contributed by atoms with Crippen LogP contribution in [-0.2, 0) is 0 Å². The third kappa shape index (κ3) is 3.22. The molecule has 0 bridgehead atoms. The van der Waals surface area contributed by atoms with Gasteiger partial charge in [-0.1, -0.05) is 13.8 Å². The first-order chi connectivity index (χ1) is 8.36. The zero-order chi connectivity index (χ0) is 13.9. The largest absolute Gasteiger partial charge is 0.478 e. The van der Waals surface area contributed by atoms with Crippen molar-refractivity contribution >= 4 is 23.4 Å². The molecule has 0 aliphatic heterocycles. The Kier molecular flexibility index (Phi) is 4.72. The molecule has 1 unspecified atom stereocenters. The van der Waals surface area contributed by atoms with Crippen molar-refractivity contribution in [1.29, 1.82) is 0 Å². The van der Waals surface area contributed by atoms with Gasteiger partial charge in [-0.3, -0.25) is 10.1 Å². The van der Waals surface area contributed by atoms with Crippen LogP contribution in [0.15, 0.2) is 17.0 Å². The molecule has 0 fully saturated rings. The van der Waals surface area contributed by atoms with Crippen molar-refractivity contribution in [3.05, 3.63) is 33.4 Å². The van der Waals surface area contributed by atoms with Crippen molar-refractivity contribution in [2.45, 2.75) is 37.3 Å². The number of nitro benzene ring substituents is 1. The highest BCUT2D eigenvalue weighted by atomic mass is 32.2. The number of rotatable bonds is 5. The Morgan fingerprint density at radius 3 is 2.61 bits per heavy atom. The zero-order valence-electron chi connectivity index (χ0n) is 10.5. The van der Waals surface area contributed by atoms with Gasteiger partial charge in [-0.15, -0.1) is 11.8 Å². The van der Waals surface area contributed by atoms with Gasteiger partial charge in [0.25, 0.3) is 5.69 Å². The summed E-state index contributed by atoms with van der Waals surface area (Å²) in [4.78, 5) is 22.0. The van der Waals surface area contributed by atoms with E-state index >= 15 is 0 Å². The van der Waals surface area contributed by atoms with E-state index < -0.39 is 10.9 Å². The standard InChI is InChI=1S/C12H15NO4S/c1-4-7(2)18-11-6-9(12(14)15)5-10(8(11)3)13(16)17/h5-7H,4H2,1-3H3,(H,14,15). The molecule has 0 radical (unpaired) electrons. The number of carboxylic acid groups (broad SMARTS) is 1. The van der Waals surface area contributed by atoms with E-state index in [9.17, 15) is 14.9 Å². The molecule has 0 saturated carbocycles. The van der Waals surface area contributed by atoms with E-state index in [-0.39, 0.29) is 16.5 Å². The Labute approximate surface area is 109 Å². The molecule has 18 heavy (non-hydrogen) atoms. The van der Waals surface area contributed by atoms with E-state index in [0.717, 1.165) is 12.5 Å². The van der Waals surface area contributed by atoms with E-state index in [4.69, 9.17) is 5.11 Å². The Bertz CT molecular complexity index is 487. The van der Waals surface area contributed by atoms with Crippen LogP contribution >= 0.6 is 11.8 Å². The third-order valence-corrected chi connectivity index (χ3v) is 4.09. The average Bonchev–Trinajstić information content (AvgIpc) is 2.30. The van der Waals surface area contributed by atoms with Crippen LogP contribution in [0.4, 0.5) is 5.69 Å². The molecule has 0 aromatic heterocycles. The molecule has 0 spiro atoms. The van der Waals surface area contributed by atoms with Crippen LogP contribution in [0, 0.1) is 17.0 Å². The molecule has 1 rings (SSSR count). The van der Waals surface area contributed by atoms with Gasteiger partial charge in [0.15, 0.2) is 0 Å². The minimum Gasteiger partial charge on any atom is -0.478 e. The maximum atomic E-state index is 11.0. The van der Waals surface area contributed by atoms with Gasteiger partial charge >= 0.3 is 5.97 Å². The van der Waals surface area contributed by atoms with Gasteiger partial charge in [0.2, 0.25) is 0 Å². The van der Waals surface area contributed by atoms with Crippen LogP contribution in [0.2, 0.25) is 0 Å². The van der Waals surface area contributed by atoms with Crippen molar-refractivity contribution in [3.63, 3.8) is 0 Å². The van der Waals surface area contributed by atoms with Crippen molar-refractivity contribution in [1.82, 2.24) is 0 Å². The molecule has 1 N–H and O–H groups in total. The molecular formula is C12H15NO4S. The fraction of sp³-hybridized carbons (Fsp3) is 0.417. The average molecular weight is 269 g/mol. The lowest BCUT2D eigenvalue weighted by Crippen LogP contribution is -2.03. The lowest BCUT2D eigenvalue weighted by molar-refractivity contribution is -0.385. The number of nitro groups is 1. The SMILES string of the molecule is CCC(C)Sc1cc(C(=O)O)cc([N+](=O)[O-])c1C. The third-order valence-electron chi connectivity index (χ3n) is 2.68. The predicted octanol–water partition coefficient (Wildman–Crippen LogP) is 3.49. The summed E-state index contributed by atoms with van der Waals surface area (Å²) in [5.74, 6) is -1.15. The fourth-order valence-electron chi connectivity index (χ4n) is 1.41. The smallest absolute Gasteiger partial charge is 0.335 e. The molecule has 0 aliphatic carbocycles. The number of hydrogen-bond acceptors (Lipinski definition) is 4. The molecular weight excluding hydrogens is 254 g/mol. The van der Waals surface area contributed by atoms with Crippen molar-refractivity contribution in [2.24, 2.45) is 0 Å². The van der Waals surface area contributed by atoms with Gasteiger partial charge < -0.3 is 5.11 Å². The second-order valence-corrected chi connectivity index (χ2v) is 5.50. The quantitative estimate of drug-likeness (QED) is 0.502. The summed E-state index contributed by atoms with van der Waals surface area (Å²) >= 11 is 1.47. The second-order valence-electron chi connectivity index (χ2n) is 4.02. The summed E-state index contributed by atoms with van der Waals surface area (Å²) < 4.78 is 0. The number of thioether (sulfide) groups is 1. The number of hydrogen-bond donors (Lipinski definition) is 1. The van der Waals surface area contributed by atoms with Gasteiger partial charge in [0.05, 0.1) is 10.5 Å². The van der Waals surface area contributed by atoms with E-state index in [1.54, 1.807) is 6.92 Å². The number of carbonyl (C=O) groups is 1. The van der Waals surface area contributed by atoms with Crippen LogP contribution in [0.5, 0.6) is 0 Å². The number of aromatic carboxylic acids is 1. The second kappa shape index (κ2) is 5.86. The molecule has 1 aromatic carbocycles. The summed E-state index contributed by atoms with van der Waals surface area (Å²) in [5.41, 5.74) is 0.342. The number of carboxylic acids is 1. The molecule has 0 amide bonds. The van der Waals surface area contributed by atoms with Gasteiger partial charge in [0, 0.05) is 21.8 Å². The van der Waals surface area contributed by atoms with Gasteiger partial charge in [-0.05, 0) is 19.4 Å². The molecule has 0 aliphatic rings. The van der Waals surface area contributed by atoms with Crippen LogP contribution in [0.25, 0.3) is 0 Å². The summed E-state index contributed by atoms with van der Waals surface area (Å²) in [6.07, 6.45) is 0.912. The molecule has 98 valence electrons. The summed E-state index contributed by atoms with van der Waals surface area (Å²) in [6, 6.07) is 2.61. The number of benzene rings is 1. The molecule has 0 heterocycles. The number of nitrogens with zero attached hydrogens (tertiary/aromatic N) is 1. The van der Waals surface area contributed by atoms with E-state index in [1.165, 1.54) is 17.8 Å². The van der Waals surface area contributed by atoms with Gasteiger partial charge in [-0.2, -0.15) is 0 Å². The predicted molar refractivity (Wildman–Crippen MR) is 70.4 cm³/mol. The van der Waals surface area contributed by atoms with Crippen molar-refractivity contribution in [3.8, 4) is 0 Å². The molecule has 6 heteroatoms. The first kappa shape index (κ1) is 14.5. The lowest BCUT2D eigenvalue weighted by Gasteiger charge is -2.11. The van der Waals surface area contributed by atoms with Crippen LogP contribution in [-0.4, -0.2) is 21.2 Å². The first-order valence-electron chi connectivity index (χ1n) is 5.55. The Balaban J connectivity index is 3.31. The Morgan fingerprint density at radius 2 is 2.17 bits per heavy atom. The van der Waals surface area contributed by atoms with Gasteiger partial charge in [-0.25, -0.2) is 4.79 Å². The fourth-order valence-corrected chi connectivity index (χ4v) is 2.49. The highest BCUT2D eigenvalue weighted by molar-refractivity contribution is 8.00. The van der Waals surface area contributed by atoms with Gasteiger partial charge in [0.1, 0.15) is 0 Å².